The van der Waals surface area contributed by atoms with Crippen molar-refractivity contribution in [3.05, 3.63) is 41.6 Å². The van der Waals surface area contributed by atoms with Crippen molar-refractivity contribution in [2.45, 2.75) is 20.4 Å². The molecule has 96 valence electrons. The summed E-state index contributed by atoms with van der Waals surface area (Å²) in [6, 6.07) is 3.76. The molecule has 0 saturated heterocycles. The molecule has 0 aromatic carbocycles. The van der Waals surface area contributed by atoms with Gasteiger partial charge >= 0.3 is 0 Å². The van der Waals surface area contributed by atoms with Crippen molar-refractivity contribution >= 4 is 11.6 Å². The van der Waals surface area contributed by atoms with Crippen LogP contribution in [0.25, 0.3) is 5.82 Å². The minimum absolute atomic E-state index is 0.612. The first kappa shape index (κ1) is 13.1. The number of aromatic nitrogens is 3. The van der Waals surface area contributed by atoms with Crippen molar-refractivity contribution in [3.63, 3.8) is 0 Å². The predicted molar refractivity (Wildman–Crippen MR) is 72.9 cm³/mol. The Bertz CT molecular complexity index is 494. The van der Waals surface area contributed by atoms with Crippen LogP contribution in [-0.2, 0) is 6.54 Å². The Balaban J connectivity index is 2.12. The third kappa shape index (κ3) is 3.31. The summed E-state index contributed by atoms with van der Waals surface area (Å²) in [7, 11) is 0. The van der Waals surface area contributed by atoms with Gasteiger partial charge in [-0.15, -0.1) is 0 Å². The predicted octanol–water partition coefficient (Wildman–Crippen LogP) is 2.67. The van der Waals surface area contributed by atoms with E-state index in [4.69, 9.17) is 11.6 Å². The second-order valence-corrected chi connectivity index (χ2v) is 5.00. The average molecular weight is 265 g/mol. The highest BCUT2D eigenvalue weighted by Crippen LogP contribution is 2.16. The Hall–Kier alpha value is -1.39. The molecule has 4 nitrogen and oxygen atoms in total. The molecule has 0 bridgehead atoms. The van der Waals surface area contributed by atoms with Crippen molar-refractivity contribution in [1.29, 1.82) is 0 Å². The molecular weight excluding hydrogens is 248 g/mol. The summed E-state index contributed by atoms with van der Waals surface area (Å²) in [6.45, 7) is 5.97. The van der Waals surface area contributed by atoms with E-state index in [1.807, 2.05) is 22.9 Å². The van der Waals surface area contributed by atoms with Gasteiger partial charge in [0.15, 0.2) is 0 Å². The molecule has 18 heavy (non-hydrogen) atoms. The molecule has 0 spiro atoms. The zero-order chi connectivity index (χ0) is 13.0. The van der Waals surface area contributed by atoms with E-state index >= 15 is 0 Å². The zero-order valence-corrected chi connectivity index (χ0v) is 11.4. The number of hydrogen-bond donors (Lipinski definition) is 1. The van der Waals surface area contributed by atoms with Crippen LogP contribution in [0, 0.1) is 5.92 Å². The van der Waals surface area contributed by atoms with E-state index in [2.05, 4.69) is 29.1 Å². The number of halogens is 1. The van der Waals surface area contributed by atoms with E-state index in [0.717, 1.165) is 18.1 Å². The standard InChI is InChI=1S/C13H17ClN4/c1-10(2)7-16-8-12-11(14)3-4-13(17-12)18-6-5-15-9-18/h3-6,9-10,16H,7-8H2,1-2H3. The summed E-state index contributed by atoms with van der Waals surface area (Å²) in [5.41, 5.74) is 0.864. The van der Waals surface area contributed by atoms with Crippen molar-refractivity contribution in [3.8, 4) is 5.82 Å². The monoisotopic (exact) mass is 264 g/mol. The van der Waals surface area contributed by atoms with Crippen LogP contribution in [-0.4, -0.2) is 21.1 Å². The number of nitrogens with one attached hydrogen (secondary N) is 1. The van der Waals surface area contributed by atoms with Crippen LogP contribution in [0.3, 0.4) is 0 Å². The quantitative estimate of drug-likeness (QED) is 0.903. The van der Waals surface area contributed by atoms with E-state index in [9.17, 15) is 0 Å². The molecule has 0 saturated carbocycles. The molecule has 0 unspecified atom stereocenters. The third-order valence-corrected chi connectivity index (χ3v) is 2.86. The topological polar surface area (TPSA) is 42.7 Å². The average Bonchev–Trinajstić information content (AvgIpc) is 2.84. The molecule has 0 aliphatic heterocycles. The summed E-state index contributed by atoms with van der Waals surface area (Å²) in [5.74, 6) is 1.44. The van der Waals surface area contributed by atoms with Crippen molar-refractivity contribution in [1.82, 2.24) is 19.9 Å². The first-order chi connectivity index (χ1) is 8.66. The lowest BCUT2D eigenvalue weighted by Gasteiger charge is -2.10. The lowest BCUT2D eigenvalue weighted by atomic mass is 10.2. The van der Waals surface area contributed by atoms with Gasteiger partial charge in [-0.25, -0.2) is 9.97 Å². The van der Waals surface area contributed by atoms with Gasteiger partial charge in [-0.3, -0.25) is 4.57 Å². The van der Waals surface area contributed by atoms with Crippen LogP contribution in [0.2, 0.25) is 5.02 Å². The zero-order valence-electron chi connectivity index (χ0n) is 10.6. The minimum Gasteiger partial charge on any atom is -0.311 e. The van der Waals surface area contributed by atoms with Crippen molar-refractivity contribution < 1.29 is 0 Å². The Morgan fingerprint density at radius 1 is 1.39 bits per heavy atom. The van der Waals surface area contributed by atoms with E-state index in [1.165, 1.54) is 0 Å². The molecule has 0 radical (unpaired) electrons. The summed E-state index contributed by atoms with van der Waals surface area (Å²) >= 11 is 6.15. The molecule has 2 rings (SSSR count). The van der Waals surface area contributed by atoms with Crippen LogP contribution in [0.4, 0.5) is 0 Å². The summed E-state index contributed by atoms with van der Waals surface area (Å²) in [6.07, 6.45) is 5.32. The summed E-state index contributed by atoms with van der Waals surface area (Å²) in [4.78, 5) is 8.55. The molecule has 0 aliphatic rings. The number of hydrogen-bond acceptors (Lipinski definition) is 3. The molecule has 2 aromatic heterocycles. The maximum atomic E-state index is 6.15. The fourth-order valence-corrected chi connectivity index (χ4v) is 1.79. The molecule has 2 heterocycles. The van der Waals surface area contributed by atoms with Crippen molar-refractivity contribution in [2.75, 3.05) is 6.54 Å². The fraction of sp³-hybridized carbons (Fsp3) is 0.385. The van der Waals surface area contributed by atoms with Gasteiger partial charge in [0.25, 0.3) is 0 Å². The van der Waals surface area contributed by atoms with Crippen LogP contribution in [0.5, 0.6) is 0 Å². The Morgan fingerprint density at radius 2 is 2.22 bits per heavy atom. The van der Waals surface area contributed by atoms with E-state index in [0.29, 0.717) is 17.5 Å². The number of pyridine rings is 1. The molecular formula is C13H17ClN4. The SMILES string of the molecule is CC(C)CNCc1nc(-n2ccnc2)ccc1Cl. The van der Waals surface area contributed by atoms with E-state index < -0.39 is 0 Å². The molecule has 0 aliphatic carbocycles. The number of nitrogens with zero attached hydrogens (tertiary/aromatic N) is 3. The Morgan fingerprint density at radius 3 is 2.89 bits per heavy atom. The van der Waals surface area contributed by atoms with Gasteiger partial charge in [0.05, 0.1) is 10.7 Å². The normalized spacial score (nSPS) is 11.1. The molecule has 0 fully saturated rings. The Kier molecular flexibility index (Phi) is 4.33. The van der Waals surface area contributed by atoms with Crippen LogP contribution in [0.1, 0.15) is 19.5 Å². The molecule has 5 heteroatoms. The highest BCUT2D eigenvalue weighted by molar-refractivity contribution is 6.31. The van der Waals surface area contributed by atoms with Gasteiger partial charge in [-0.05, 0) is 24.6 Å². The molecule has 1 N–H and O–H groups in total. The van der Waals surface area contributed by atoms with Crippen molar-refractivity contribution in [2.24, 2.45) is 5.92 Å². The van der Waals surface area contributed by atoms with Crippen LogP contribution in [0.15, 0.2) is 30.9 Å². The smallest absolute Gasteiger partial charge is 0.138 e. The molecule has 2 aromatic rings. The number of imidazole rings is 1. The lowest BCUT2D eigenvalue weighted by Crippen LogP contribution is -2.20. The summed E-state index contributed by atoms with van der Waals surface area (Å²) in [5, 5.41) is 4.03. The third-order valence-electron chi connectivity index (χ3n) is 2.52. The van der Waals surface area contributed by atoms with E-state index in [1.54, 1.807) is 12.5 Å². The maximum absolute atomic E-state index is 6.15. The first-order valence-corrected chi connectivity index (χ1v) is 6.39. The fourth-order valence-electron chi connectivity index (χ4n) is 1.61. The second kappa shape index (κ2) is 5.98. The highest BCUT2D eigenvalue weighted by Gasteiger charge is 2.05. The largest absolute Gasteiger partial charge is 0.311 e. The molecule has 0 atom stereocenters. The Labute approximate surface area is 112 Å². The minimum atomic E-state index is 0.612. The summed E-state index contributed by atoms with van der Waals surface area (Å²) < 4.78 is 1.86. The van der Waals surface area contributed by atoms with Gasteiger partial charge in [0.2, 0.25) is 0 Å². The highest BCUT2D eigenvalue weighted by atomic mass is 35.5. The van der Waals surface area contributed by atoms with E-state index in [-0.39, 0.29) is 0 Å². The maximum Gasteiger partial charge on any atom is 0.138 e. The van der Waals surface area contributed by atoms with Gasteiger partial charge in [-0.1, -0.05) is 25.4 Å². The first-order valence-electron chi connectivity index (χ1n) is 6.01. The molecule has 0 amide bonds. The van der Waals surface area contributed by atoms with Gasteiger partial charge in [0.1, 0.15) is 12.1 Å². The lowest BCUT2D eigenvalue weighted by molar-refractivity contribution is 0.548. The second-order valence-electron chi connectivity index (χ2n) is 4.59. The number of rotatable bonds is 5. The van der Waals surface area contributed by atoms with Gasteiger partial charge in [-0.2, -0.15) is 0 Å². The van der Waals surface area contributed by atoms with Gasteiger partial charge in [0, 0.05) is 18.9 Å². The van der Waals surface area contributed by atoms with Crippen LogP contribution < -0.4 is 5.32 Å². The van der Waals surface area contributed by atoms with Gasteiger partial charge < -0.3 is 5.32 Å². The van der Waals surface area contributed by atoms with Crippen LogP contribution >= 0.6 is 11.6 Å².